The lowest BCUT2D eigenvalue weighted by Gasteiger charge is -2.23. The van der Waals surface area contributed by atoms with Crippen molar-refractivity contribution in [2.24, 2.45) is 0 Å². The monoisotopic (exact) mass is 460 g/mol. The Morgan fingerprint density at radius 1 is 1.09 bits per heavy atom. The van der Waals surface area contributed by atoms with E-state index in [4.69, 9.17) is 14.6 Å². The second kappa shape index (κ2) is 10.2. The van der Waals surface area contributed by atoms with Gasteiger partial charge in [0.2, 0.25) is 10.0 Å². The Morgan fingerprint density at radius 3 is 2.66 bits per heavy atom. The number of para-hydroxylation sites is 1. The Bertz CT molecular complexity index is 1010. The molecule has 2 aromatic carbocycles. The number of ether oxygens (including phenoxy) is 2. The Balaban J connectivity index is 1.38. The van der Waals surface area contributed by atoms with E-state index in [0.717, 1.165) is 48.3 Å². The Morgan fingerprint density at radius 2 is 1.88 bits per heavy atom. The van der Waals surface area contributed by atoms with Crippen molar-refractivity contribution in [3.63, 3.8) is 0 Å². The standard InChI is InChI=1S/C24H32N2O5S/c1-17(22-4-2-5-23-24(22)31-15-3-14-30-23)26-20-9-6-19(16-20)18-7-10-21(11-8-18)32(28,29)25-12-13-27/h2,4-5,7-8,10-11,17,19-20,25-27H,3,6,9,12-16H2,1H3/t17-,19?,20+/m1/s1. The summed E-state index contributed by atoms with van der Waals surface area (Å²) in [6.07, 6.45) is 4.02. The molecule has 0 radical (unpaired) electrons. The summed E-state index contributed by atoms with van der Waals surface area (Å²) in [6.45, 7) is 3.30. The minimum Gasteiger partial charge on any atom is -0.490 e. The van der Waals surface area contributed by atoms with Gasteiger partial charge in [-0.2, -0.15) is 0 Å². The Hall–Kier alpha value is -2.13. The van der Waals surface area contributed by atoms with E-state index in [1.54, 1.807) is 12.1 Å². The number of benzene rings is 2. The van der Waals surface area contributed by atoms with Crippen molar-refractivity contribution in [1.82, 2.24) is 10.0 Å². The third-order valence-corrected chi connectivity index (χ3v) is 7.73. The quantitative estimate of drug-likeness (QED) is 0.560. The van der Waals surface area contributed by atoms with Gasteiger partial charge in [0.25, 0.3) is 0 Å². The lowest BCUT2D eigenvalue weighted by atomic mass is 9.97. The third-order valence-electron chi connectivity index (χ3n) is 6.25. The van der Waals surface area contributed by atoms with Crippen molar-refractivity contribution in [1.29, 1.82) is 0 Å². The average molecular weight is 461 g/mol. The molecule has 3 atom stereocenters. The predicted octanol–water partition coefficient (Wildman–Crippen LogP) is 3.11. The van der Waals surface area contributed by atoms with E-state index in [9.17, 15) is 8.42 Å². The molecule has 3 N–H and O–H groups in total. The maximum Gasteiger partial charge on any atom is 0.240 e. The highest BCUT2D eigenvalue weighted by Gasteiger charge is 2.28. The first kappa shape index (κ1) is 23.0. The number of nitrogens with one attached hydrogen (secondary N) is 2. The van der Waals surface area contributed by atoms with E-state index >= 15 is 0 Å². The summed E-state index contributed by atoms with van der Waals surface area (Å²) in [5.41, 5.74) is 2.28. The van der Waals surface area contributed by atoms with Crippen LogP contribution in [0.25, 0.3) is 0 Å². The van der Waals surface area contributed by atoms with Gasteiger partial charge < -0.3 is 19.9 Å². The first-order chi connectivity index (χ1) is 15.5. The smallest absolute Gasteiger partial charge is 0.240 e. The summed E-state index contributed by atoms with van der Waals surface area (Å²) in [4.78, 5) is 0.225. The second-order valence-corrected chi connectivity index (χ2v) is 10.3. The Kier molecular flexibility index (Phi) is 7.35. The molecule has 8 heteroatoms. The molecule has 1 aliphatic carbocycles. The number of aliphatic hydroxyl groups is 1. The highest BCUT2D eigenvalue weighted by molar-refractivity contribution is 7.89. The van der Waals surface area contributed by atoms with Gasteiger partial charge in [-0.1, -0.05) is 24.3 Å². The second-order valence-electron chi connectivity index (χ2n) is 8.51. The van der Waals surface area contributed by atoms with Crippen LogP contribution < -0.4 is 19.5 Å². The van der Waals surface area contributed by atoms with Crippen molar-refractivity contribution in [3.8, 4) is 11.5 Å². The van der Waals surface area contributed by atoms with E-state index in [2.05, 4.69) is 23.0 Å². The van der Waals surface area contributed by atoms with Crippen molar-refractivity contribution in [2.45, 2.75) is 55.5 Å². The van der Waals surface area contributed by atoms with E-state index in [0.29, 0.717) is 25.2 Å². The van der Waals surface area contributed by atoms with Gasteiger partial charge in [0.15, 0.2) is 11.5 Å². The lowest BCUT2D eigenvalue weighted by molar-refractivity contribution is 0.295. The summed E-state index contributed by atoms with van der Waals surface area (Å²) < 4.78 is 38.6. The molecule has 1 heterocycles. The molecule has 1 fully saturated rings. The predicted molar refractivity (Wildman–Crippen MR) is 123 cm³/mol. The molecular weight excluding hydrogens is 428 g/mol. The largest absolute Gasteiger partial charge is 0.490 e. The summed E-state index contributed by atoms with van der Waals surface area (Å²) in [7, 11) is -3.57. The average Bonchev–Trinajstić information content (AvgIpc) is 3.12. The highest BCUT2D eigenvalue weighted by atomic mass is 32.2. The molecule has 174 valence electrons. The van der Waals surface area contributed by atoms with Crippen LogP contribution in [0.4, 0.5) is 0 Å². The zero-order chi connectivity index (χ0) is 22.6. The van der Waals surface area contributed by atoms with Crippen LogP contribution in [0.1, 0.15) is 55.7 Å². The first-order valence-corrected chi connectivity index (χ1v) is 12.8. The number of aliphatic hydroxyl groups excluding tert-OH is 1. The van der Waals surface area contributed by atoms with Crippen LogP contribution in [-0.4, -0.2) is 45.9 Å². The van der Waals surface area contributed by atoms with Crippen LogP contribution in [0.15, 0.2) is 47.4 Å². The molecule has 1 unspecified atom stereocenters. The van der Waals surface area contributed by atoms with E-state index < -0.39 is 10.0 Å². The normalized spacial score (nSPS) is 21.8. The van der Waals surface area contributed by atoms with Crippen LogP contribution >= 0.6 is 0 Å². The van der Waals surface area contributed by atoms with Crippen LogP contribution in [0, 0.1) is 0 Å². The van der Waals surface area contributed by atoms with Gasteiger partial charge in [-0.15, -0.1) is 0 Å². The van der Waals surface area contributed by atoms with Gasteiger partial charge >= 0.3 is 0 Å². The fraction of sp³-hybridized carbons (Fsp3) is 0.500. The van der Waals surface area contributed by atoms with Crippen molar-refractivity contribution < 1.29 is 23.0 Å². The maximum atomic E-state index is 12.2. The van der Waals surface area contributed by atoms with E-state index in [1.165, 1.54) is 0 Å². The molecular formula is C24H32N2O5S. The number of fused-ring (bicyclic) bond motifs is 1. The fourth-order valence-electron chi connectivity index (χ4n) is 4.62. The summed E-state index contributed by atoms with van der Waals surface area (Å²) in [5.74, 6) is 2.07. The minimum absolute atomic E-state index is 0.0139. The minimum atomic E-state index is -3.57. The molecule has 1 aliphatic heterocycles. The number of rotatable bonds is 8. The van der Waals surface area contributed by atoms with Gasteiger partial charge in [0.05, 0.1) is 24.7 Å². The number of hydrogen-bond acceptors (Lipinski definition) is 6. The van der Waals surface area contributed by atoms with Crippen molar-refractivity contribution in [2.75, 3.05) is 26.4 Å². The molecule has 32 heavy (non-hydrogen) atoms. The Labute approximate surface area is 190 Å². The lowest BCUT2D eigenvalue weighted by Crippen LogP contribution is -2.29. The van der Waals surface area contributed by atoms with Gasteiger partial charge in [0, 0.05) is 30.6 Å². The number of sulfonamides is 1. The molecule has 2 aliphatic rings. The number of hydrogen-bond donors (Lipinski definition) is 3. The molecule has 0 spiro atoms. The molecule has 7 nitrogen and oxygen atoms in total. The third kappa shape index (κ3) is 5.26. The zero-order valence-electron chi connectivity index (χ0n) is 18.4. The molecule has 0 aromatic heterocycles. The zero-order valence-corrected chi connectivity index (χ0v) is 19.2. The van der Waals surface area contributed by atoms with Gasteiger partial charge in [-0.3, -0.25) is 0 Å². The van der Waals surface area contributed by atoms with Crippen LogP contribution in [-0.2, 0) is 10.0 Å². The first-order valence-electron chi connectivity index (χ1n) is 11.3. The van der Waals surface area contributed by atoms with Crippen molar-refractivity contribution >= 4 is 10.0 Å². The van der Waals surface area contributed by atoms with Crippen molar-refractivity contribution in [3.05, 3.63) is 53.6 Å². The van der Waals surface area contributed by atoms with Crippen LogP contribution in [0.5, 0.6) is 11.5 Å². The SMILES string of the molecule is C[C@@H](N[C@H]1CCC(c2ccc(S(=O)(=O)NCCO)cc2)C1)c1cccc2c1OCCCO2. The fourth-order valence-corrected chi connectivity index (χ4v) is 5.64. The topological polar surface area (TPSA) is 96.9 Å². The van der Waals surface area contributed by atoms with Gasteiger partial charge in [-0.25, -0.2) is 13.1 Å². The summed E-state index contributed by atoms with van der Waals surface area (Å²) in [6, 6.07) is 13.7. The molecule has 0 amide bonds. The van der Waals surface area contributed by atoms with E-state index in [-0.39, 0.29) is 24.1 Å². The van der Waals surface area contributed by atoms with Crippen LogP contribution in [0.3, 0.4) is 0 Å². The highest BCUT2D eigenvalue weighted by Crippen LogP contribution is 2.39. The van der Waals surface area contributed by atoms with E-state index in [1.807, 2.05) is 24.3 Å². The molecule has 0 saturated heterocycles. The molecule has 0 bridgehead atoms. The summed E-state index contributed by atoms with van der Waals surface area (Å²) >= 11 is 0. The molecule has 1 saturated carbocycles. The molecule has 2 aromatic rings. The molecule has 4 rings (SSSR count). The summed E-state index contributed by atoms with van der Waals surface area (Å²) in [5, 5.41) is 12.6. The van der Waals surface area contributed by atoms with Gasteiger partial charge in [-0.05, 0) is 55.9 Å². The van der Waals surface area contributed by atoms with Crippen LogP contribution in [0.2, 0.25) is 0 Å². The van der Waals surface area contributed by atoms with Gasteiger partial charge in [0.1, 0.15) is 0 Å². The maximum absolute atomic E-state index is 12.2.